The van der Waals surface area contributed by atoms with Crippen LogP contribution in [0.1, 0.15) is 50.9 Å². The van der Waals surface area contributed by atoms with E-state index in [0.29, 0.717) is 44.7 Å². The molecule has 8 rings (SSSR count). The average molecular weight is 724 g/mol. The van der Waals surface area contributed by atoms with Crippen LogP contribution >= 0.6 is 0 Å². The first-order chi connectivity index (χ1) is 26.9. The van der Waals surface area contributed by atoms with Gasteiger partial charge in [-0.15, -0.1) is 5.10 Å². The van der Waals surface area contributed by atoms with E-state index in [1.54, 1.807) is 19.9 Å². The highest BCUT2D eigenvalue weighted by molar-refractivity contribution is 6.02. The minimum atomic E-state index is -0.995. The number of aryl methyl sites for hydroxylation is 2. The first-order valence-corrected chi connectivity index (χ1v) is 18.1. The lowest BCUT2D eigenvalue weighted by Crippen LogP contribution is -2.39. The fourth-order valence-electron chi connectivity index (χ4n) is 7.50. The molecule has 0 atom stereocenters. The van der Waals surface area contributed by atoms with Gasteiger partial charge in [-0.3, -0.25) is 9.78 Å². The van der Waals surface area contributed by atoms with Gasteiger partial charge in [-0.05, 0) is 76.4 Å². The zero-order chi connectivity index (χ0) is 37.9. The summed E-state index contributed by atoms with van der Waals surface area (Å²) in [6, 6.07) is 47.6. The minimum Gasteiger partial charge on any atom is -0.488 e. The van der Waals surface area contributed by atoms with E-state index in [-0.39, 0.29) is 24.2 Å². The van der Waals surface area contributed by atoms with Gasteiger partial charge in [-0.2, -0.15) is 0 Å². The van der Waals surface area contributed by atoms with Crippen molar-refractivity contribution in [1.82, 2.24) is 25.2 Å². The van der Waals surface area contributed by atoms with E-state index in [1.807, 2.05) is 115 Å². The fraction of sp³-hybridized carbons (Fsp3) is 0.130. The number of rotatable bonds is 10. The second-order valence-electron chi connectivity index (χ2n) is 13.3. The van der Waals surface area contributed by atoms with E-state index in [9.17, 15) is 9.59 Å². The number of esters is 1. The molecule has 0 amide bonds. The van der Waals surface area contributed by atoms with E-state index in [4.69, 9.17) is 19.8 Å². The summed E-state index contributed by atoms with van der Waals surface area (Å²) in [5, 5.41) is 16.3. The van der Waals surface area contributed by atoms with E-state index in [1.165, 1.54) is 0 Å². The minimum absolute atomic E-state index is 0.0907. The molecule has 0 aliphatic heterocycles. The second-order valence-corrected chi connectivity index (χ2v) is 13.3. The molecule has 0 fully saturated rings. The Kier molecular flexibility index (Phi) is 9.43. The lowest BCUT2D eigenvalue weighted by molar-refractivity contribution is 0.0519. The molecule has 0 radical (unpaired) electrons. The predicted molar refractivity (Wildman–Crippen MR) is 213 cm³/mol. The zero-order valence-corrected chi connectivity index (χ0v) is 30.6. The number of aromatic nitrogens is 5. The molecular weight excluding hydrogens is 687 g/mol. The van der Waals surface area contributed by atoms with Crippen LogP contribution < -0.4 is 10.2 Å². The number of fused-ring (bicyclic) bond motifs is 2. The quantitative estimate of drug-likeness (QED) is 0.102. The smallest absolute Gasteiger partial charge is 0.343 e. The molecule has 9 nitrogen and oxygen atoms in total. The Morgan fingerprint density at radius 1 is 0.709 bits per heavy atom. The molecule has 0 bridgehead atoms. The summed E-state index contributed by atoms with van der Waals surface area (Å²) >= 11 is 0. The highest BCUT2D eigenvalue weighted by Gasteiger charge is 2.42. The van der Waals surface area contributed by atoms with Crippen molar-refractivity contribution in [3.8, 4) is 17.1 Å². The van der Waals surface area contributed by atoms with Crippen molar-refractivity contribution in [2.45, 2.75) is 32.9 Å². The second kappa shape index (κ2) is 14.8. The maximum atomic E-state index is 14.5. The van der Waals surface area contributed by atoms with Crippen molar-refractivity contribution in [1.29, 1.82) is 0 Å². The Morgan fingerprint density at radius 2 is 1.33 bits per heavy atom. The van der Waals surface area contributed by atoms with Gasteiger partial charge in [0.2, 0.25) is 0 Å². The number of hydrogen-bond donors (Lipinski definition) is 0. The van der Waals surface area contributed by atoms with Gasteiger partial charge >= 0.3 is 5.97 Å². The van der Waals surface area contributed by atoms with Gasteiger partial charge in [0.1, 0.15) is 23.5 Å². The Morgan fingerprint density at radius 3 is 1.96 bits per heavy atom. The van der Waals surface area contributed by atoms with Crippen LogP contribution in [0.25, 0.3) is 32.9 Å². The molecule has 6 aromatic carbocycles. The highest BCUT2D eigenvalue weighted by atomic mass is 16.5. The van der Waals surface area contributed by atoms with Crippen LogP contribution in [0.4, 0.5) is 0 Å². The van der Waals surface area contributed by atoms with Gasteiger partial charge in [0, 0.05) is 28.1 Å². The number of pyridine rings is 1. The average Bonchev–Trinajstić information content (AvgIpc) is 3.66. The first-order valence-electron chi connectivity index (χ1n) is 18.1. The monoisotopic (exact) mass is 723 g/mol. The summed E-state index contributed by atoms with van der Waals surface area (Å²) in [6.07, 6.45) is 0. The lowest BCUT2D eigenvalue weighted by Gasteiger charge is -2.36. The number of carbonyl (C=O) groups is 1. The summed E-state index contributed by atoms with van der Waals surface area (Å²) < 4.78 is 13.5. The number of tetrazole rings is 1. The molecule has 270 valence electrons. The van der Waals surface area contributed by atoms with E-state index >= 15 is 0 Å². The molecule has 2 heterocycles. The molecular formula is C46H37N5O4. The van der Waals surface area contributed by atoms with Crippen LogP contribution in [0.5, 0.6) is 5.75 Å². The molecule has 0 saturated heterocycles. The van der Waals surface area contributed by atoms with Gasteiger partial charge in [-0.25, -0.2) is 9.48 Å². The molecule has 0 aliphatic carbocycles. The Hall–Kier alpha value is -7.00. The molecule has 9 heteroatoms. The van der Waals surface area contributed by atoms with Crippen molar-refractivity contribution in [2.24, 2.45) is 0 Å². The third-order valence-electron chi connectivity index (χ3n) is 9.89. The van der Waals surface area contributed by atoms with Crippen molar-refractivity contribution < 1.29 is 14.3 Å². The molecule has 0 spiro atoms. The maximum absolute atomic E-state index is 14.5. The molecule has 0 unspecified atom stereocenters. The first kappa shape index (κ1) is 35.1. The van der Waals surface area contributed by atoms with Crippen LogP contribution in [0.3, 0.4) is 0 Å². The van der Waals surface area contributed by atoms with Gasteiger partial charge in [0.25, 0.3) is 0 Å². The van der Waals surface area contributed by atoms with Crippen molar-refractivity contribution in [3.63, 3.8) is 0 Å². The Labute approximate surface area is 317 Å². The number of carbonyl (C=O) groups excluding carboxylic acids is 1. The van der Waals surface area contributed by atoms with Crippen LogP contribution in [0.15, 0.2) is 150 Å². The third kappa shape index (κ3) is 6.29. The van der Waals surface area contributed by atoms with E-state index in [0.717, 1.165) is 27.6 Å². The molecule has 55 heavy (non-hydrogen) atoms. The number of ether oxygens (including phenoxy) is 2. The summed E-state index contributed by atoms with van der Waals surface area (Å²) in [4.78, 5) is 31.9. The van der Waals surface area contributed by atoms with Gasteiger partial charge in [0.05, 0.1) is 12.3 Å². The third-order valence-corrected chi connectivity index (χ3v) is 9.89. The summed E-state index contributed by atoms with van der Waals surface area (Å²) in [5.74, 6) is 0.350. The van der Waals surface area contributed by atoms with Crippen molar-refractivity contribution >= 4 is 27.5 Å². The standard InChI is InChI=1S/C46H37N5O4/c1-4-54-45(53)42-31(3)47-30(2)26-41(42)55-29-32-24-25-38-39(27-32)43(52)37-23-15-14-16-33(37)28-40(38)44-48-49-50-51(44)46(34-17-8-5-9-18-34,35-19-10-6-11-20-35)36-21-12-7-13-22-36/h5-28H,4,29H2,1-3H3. The van der Waals surface area contributed by atoms with Crippen LogP contribution in [0.2, 0.25) is 0 Å². The van der Waals surface area contributed by atoms with Crippen LogP contribution in [0, 0.1) is 13.8 Å². The summed E-state index contributed by atoms with van der Waals surface area (Å²) in [6.45, 7) is 5.67. The van der Waals surface area contributed by atoms with Crippen molar-refractivity contribution in [3.05, 3.63) is 195 Å². The van der Waals surface area contributed by atoms with Crippen LogP contribution in [-0.4, -0.2) is 37.8 Å². The maximum Gasteiger partial charge on any atom is 0.343 e. The number of benzene rings is 5. The molecule has 0 N–H and O–H groups in total. The Balaban J connectivity index is 1.35. The molecule has 2 aromatic heterocycles. The SMILES string of the molecule is CCOC(=O)c1c(OCc2ccc3c(-c4nnnn4C(c4ccccc4)(c4ccccc4)c4ccccc4)cc4ccccc4c(=O)c3c2)cc(C)nc1C. The topological polar surface area (TPSA) is 109 Å². The molecule has 0 saturated carbocycles. The normalized spacial score (nSPS) is 11.5. The number of nitrogens with zero attached hydrogens (tertiary/aromatic N) is 5. The number of hydrogen-bond acceptors (Lipinski definition) is 8. The van der Waals surface area contributed by atoms with E-state index < -0.39 is 11.5 Å². The fourth-order valence-corrected chi connectivity index (χ4v) is 7.50. The molecule has 0 aliphatic rings. The van der Waals surface area contributed by atoms with Gasteiger partial charge in [0.15, 0.2) is 11.3 Å². The highest BCUT2D eigenvalue weighted by Crippen LogP contribution is 2.43. The summed E-state index contributed by atoms with van der Waals surface area (Å²) in [5.41, 5.74) is 4.68. The molecule has 8 aromatic rings. The Bertz CT molecular complexity index is 2640. The van der Waals surface area contributed by atoms with Gasteiger partial charge in [-0.1, -0.05) is 127 Å². The lowest BCUT2D eigenvalue weighted by atomic mass is 9.77. The van der Waals surface area contributed by atoms with Crippen molar-refractivity contribution in [2.75, 3.05) is 6.61 Å². The summed E-state index contributed by atoms with van der Waals surface area (Å²) in [7, 11) is 0. The van der Waals surface area contributed by atoms with E-state index in [2.05, 4.69) is 46.6 Å². The largest absolute Gasteiger partial charge is 0.488 e. The van der Waals surface area contributed by atoms with Gasteiger partial charge < -0.3 is 9.47 Å². The van der Waals surface area contributed by atoms with Crippen LogP contribution in [-0.2, 0) is 16.9 Å². The zero-order valence-electron chi connectivity index (χ0n) is 30.6. The predicted octanol–water partition coefficient (Wildman–Crippen LogP) is 8.61.